The van der Waals surface area contributed by atoms with Crippen molar-refractivity contribution in [2.75, 3.05) is 6.54 Å². The Morgan fingerprint density at radius 2 is 2.19 bits per heavy atom. The topological polar surface area (TPSA) is 63.3 Å². The van der Waals surface area contributed by atoms with E-state index in [1.165, 1.54) is 0 Å². The number of hydrazine groups is 1. The molecule has 4 nitrogen and oxygen atoms in total. The van der Waals surface area contributed by atoms with Crippen molar-refractivity contribution < 1.29 is 0 Å². The van der Waals surface area contributed by atoms with Crippen LogP contribution in [0.1, 0.15) is 12.5 Å². The molecule has 0 aliphatic rings. The predicted molar refractivity (Wildman–Crippen MR) is 66.1 cm³/mol. The maximum Gasteiger partial charge on any atom is 0.144 e. The van der Waals surface area contributed by atoms with E-state index in [0.717, 1.165) is 16.5 Å². The Morgan fingerprint density at radius 1 is 1.38 bits per heavy atom. The molecular formula is C12H14N4. The summed E-state index contributed by atoms with van der Waals surface area (Å²) < 4.78 is 0. The minimum atomic E-state index is 0.673. The third-order valence-corrected chi connectivity index (χ3v) is 2.34. The summed E-state index contributed by atoms with van der Waals surface area (Å²) in [5.74, 6) is 6.15. The van der Waals surface area contributed by atoms with Crippen molar-refractivity contribution in [3.8, 4) is 0 Å². The maximum absolute atomic E-state index is 5.47. The fourth-order valence-corrected chi connectivity index (χ4v) is 1.66. The molecule has 0 fully saturated rings. The molecule has 1 aromatic heterocycles. The van der Waals surface area contributed by atoms with E-state index in [0.29, 0.717) is 12.4 Å². The van der Waals surface area contributed by atoms with E-state index in [9.17, 15) is 0 Å². The molecule has 0 bridgehead atoms. The SMILES string of the molecule is CCN=C(NN)c1cccc2cccnc12. The molecule has 3 N–H and O–H groups in total. The van der Waals surface area contributed by atoms with Gasteiger partial charge in [0, 0.05) is 23.7 Å². The molecule has 0 amide bonds. The second-order valence-corrected chi connectivity index (χ2v) is 3.35. The first kappa shape index (κ1) is 10.6. The van der Waals surface area contributed by atoms with E-state index in [1.54, 1.807) is 6.20 Å². The Bertz CT molecular complexity index is 514. The highest BCUT2D eigenvalue weighted by Gasteiger charge is 2.06. The summed E-state index contributed by atoms with van der Waals surface area (Å²) in [4.78, 5) is 8.66. The van der Waals surface area contributed by atoms with Crippen LogP contribution in [0.2, 0.25) is 0 Å². The number of aromatic nitrogens is 1. The first-order valence-corrected chi connectivity index (χ1v) is 5.22. The third kappa shape index (κ3) is 1.87. The lowest BCUT2D eigenvalue weighted by molar-refractivity contribution is 0.992. The molecule has 0 spiro atoms. The van der Waals surface area contributed by atoms with E-state index >= 15 is 0 Å². The van der Waals surface area contributed by atoms with Gasteiger partial charge in [0.25, 0.3) is 0 Å². The zero-order chi connectivity index (χ0) is 11.4. The van der Waals surface area contributed by atoms with E-state index in [-0.39, 0.29) is 0 Å². The van der Waals surface area contributed by atoms with Gasteiger partial charge in [0.2, 0.25) is 0 Å². The second kappa shape index (κ2) is 4.72. The van der Waals surface area contributed by atoms with Gasteiger partial charge in [0.05, 0.1) is 5.52 Å². The van der Waals surface area contributed by atoms with Crippen LogP contribution >= 0.6 is 0 Å². The number of pyridine rings is 1. The largest absolute Gasteiger partial charge is 0.308 e. The van der Waals surface area contributed by atoms with Crippen LogP contribution < -0.4 is 11.3 Å². The molecule has 0 saturated heterocycles. The molecule has 0 saturated carbocycles. The molecule has 1 heterocycles. The van der Waals surface area contributed by atoms with Crippen LogP contribution in [0.15, 0.2) is 41.5 Å². The standard InChI is InChI=1S/C12H14N4/c1-2-14-12(16-13)10-7-3-5-9-6-4-8-15-11(9)10/h3-8H,2,13H2,1H3,(H,14,16). The molecule has 0 unspecified atom stereocenters. The average molecular weight is 214 g/mol. The van der Waals surface area contributed by atoms with Gasteiger partial charge in [-0.3, -0.25) is 9.98 Å². The summed E-state index contributed by atoms with van der Waals surface area (Å²) in [6, 6.07) is 9.89. The Balaban J connectivity index is 2.64. The Morgan fingerprint density at radius 3 is 2.94 bits per heavy atom. The summed E-state index contributed by atoms with van der Waals surface area (Å²) in [6.07, 6.45) is 1.77. The first-order valence-electron chi connectivity index (χ1n) is 5.22. The lowest BCUT2D eigenvalue weighted by atomic mass is 10.1. The third-order valence-electron chi connectivity index (χ3n) is 2.34. The molecular weight excluding hydrogens is 200 g/mol. The summed E-state index contributed by atoms with van der Waals surface area (Å²) in [7, 11) is 0. The number of fused-ring (bicyclic) bond motifs is 1. The van der Waals surface area contributed by atoms with E-state index in [4.69, 9.17) is 5.84 Å². The van der Waals surface area contributed by atoms with Crippen LogP contribution in [0.25, 0.3) is 10.9 Å². The van der Waals surface area contributed by atoms with Crippen molar-refractivity contribution in [3.63, 3.8) is 0 Å². The van der Waals surface area contributed by atoms with Gasteiger partial charge in [-0.05, 0) is 19.1 Å². The molecule has 0 aliphatic heterocycles. The molecule has 2 aromatic rings. The van der Waals surface area contributed by atoms with Gasteiger partial charge in [-0.1, -0.05) is 18.2 Å². The Hall–Kier alpha value is -1.94. The van der Waals surface area contributed by atoms with Crippen molar-refractivity contribution in [3.05, 3.63) is 42.1 Å². The first-order chi connectivity index (χ1) is 7.86. The van der Waals surface area contributed by atoms with Crippen molar-refractivity contribution in [1.29, 1.82) is 0 Å². The van der Waals surface area contributed by atoms with E-state index in [1.807, 2.05) is 37.3 Å². The fraction of sp³-hybridized carbons (Fsp3) is 0.167. The van der Waals surface area contributed by atoms with Crippen molar-refractivity contribution in [2.45, 2.75) is 6.92 Å². The summed E-state index contributed by atoms with van der Waals surface area (Å²) in [5, 5.41) is 1.08. The lowest BCUT2D eigenvalue weighted by Crippen LogP contribution is -2.31. The highest BCUT2D eigenvalue weighted by Crippen LogP contribution is 2.15. The number of para-hydroxylation sites is 1. The number of hydrogen-bond donors (Lipinski definition) is 2. The number of nitrogens with zero attached hydrogens (tertiary/aromatic N) is 2. The zero-order valence-corrected chi connectivity index (χ0v) is 9.14. The van der Waals surface area contributed by atoms with Gasteiger partial charge < -0.3 is 5.43 Å². The molecule has 0 radical (unpaired) electrons. The van der Waals surface area contributed by atoms with Gasteiger partial charge in [0.15, 0.2) is 0 Å². The molecule has 0 atom stereocenters. The monoisotopic (exact) mass is 214 g/mol. The Labute approximate surface area is 94.2 Å². The molecule has 82 valence electrons. The minimum Gasteiger partial charge on any atom is -0.308 e. The average Bonchev–Trinajstić information content (AvgIpc) is 2.35. The smallest absolute Gasteiger partial charge is 0.144 e. The number of nitrogens with two attached hydrogens (primary N) is 1. The van der Waals surface area contributed by atoms with Gasteiger partial charge >= 0.3 is 0 Å². The number of aliphatic imine (C=N–C) groups is 1. The van der Waals surface area contributed by atoms with Crippen LogP contribution in [-0.4, -0.2) is 17.4 Å². The summed E-state index contributed by atoms with van der Waals surface area (Å²) >= 11 is 0. The van der Waals surface area contributed by atoms with Gasteiger partial charge in [0.1, 0.15) is 5.84 Å². The van der Waals surface area contributed by atoms with Crippen molar-refractivity contribution >= 4 is 16.7 Å². The number of amidine groups is 1. The highest BCUT2D eigenvalue weighted by molar-refractivity contribution is 6.08. The Kier molecular flexibility index (Phi) is 3.12. The fourth-order valence-electron chi connectivity index (χ4n) is 1.66. The van der Waals surface area contributed by atoms with Crippen molar-refractivity contribution in [1.82, 2.24) is 10.4 Å². The number of rotatable bonds is 2. The van der Waals surface area contributed by atoms with Crippen LogP contribution in [0.4, 0.5) is 0 Å². The number of benzene rings is 1. The van der Waals surface area contributed by atoms with Gasteiger partial charge in [-0.15, -0.1) is 0 Å². The van der Waals surface area contributed by atoms with Gasteiger partial charge in [-0.25, -0.2) is 5.84 Å². The summed E-state index contributed by atoms with van der Waals surface area (Å²) in [5.41, 5.74) is 4.47. The molecule has 2 rings (SSSR count). The highest BCUT2D eigenvalue weighted by atomic mass is 15.2. The molecule has 16 heavy (non-hydrogen) atoms. The molecule has 4 heteroatoms. The van der Waals surface area contributed by atoms with E-state index in [2.05, 4.69) is 15.4 Å². The van der Waals surface area contributed by atoms with Crippen LogP contribution in [0.5, 0.6) is 0 Å². The normalized spacial score (nSPS) is 11.8. The zero-order valence-electron chi connectivity index (χ0n) is 9.14. The molecule has 0 aliphatic carbocycles. The maximum atomic E-state index is 5.47. The lowest BCUT2D eigenvalue weighted by Gasteiger charge is -2.07. The summed E-state index contributed by atoms with van der Waals surface area (Å²) in [6.45, 7) is 2.65. The van der Waals surface area contributed by atoms with E-state index < -0.39 is 0 Å². The predicted octanol–water partition coefficient (Wildman–Crippen LogP) is 1.46. The van der Waals surface area contributed by atoms with Crippen LogP contribution in [0, 0.1) is 0 Å². The minimum absolute atomic E-state index is 0.673. The van der Waals surface area contributed by atoms with Crippen LogP contribution in [-0.2, 0) is 0 Å². The van der Waals surface area contributed by atoms with Crippen LogP contribution in [0.3, 0.4) is 0 Å². The molecule has 1 aromatic carbocycles. The van der Waals surface area contributed by atoms with Crippen molar-refractivity contribution in [2.24, 2.45) is 10.8 Å². The second-order valence-electron chi connectivity index (χ2n) is 3.35. The number of hydrogen-bond acceptors (Lipinski definition) is 3. The van der Waals surface area contributed by atoms with Gasteiger partial charge in [-0.2, -0.15) is 0 Å². The number of nitrogens with one attached hydrogen (secondary N) is 1. The quantitative estimate of drug-likeness (QED) is 0.344.